The lowest BCUT2D eigenvalue weighted by Crippen LogP contribution is -2.21. The number of benzene rings is 1. The number of aromatic nitrogens is 2. The highest BCUT2D eigenvalue weighted by atomic mass is 15.1. The molecule has 0 saturated heterocycles. The average Bonchev–Trinajstić information content (AvgIpc) is 2.37. The molecular weight excluding hydrogens is 250 g/mol. The molecule has 0 amide bonds. The molecule has 1 aliphatic carbocycles. The van der Waals surface area contributed by atoms with Crippen molar-refractivity contribution in [3.05, 3.63) is 36.7 Å². The van der Waals surface area contributed by atoms with Gasteiger partial charge in [-0.05, 0) is 37.0 Å². The van der Waals surface area contributed by atoms with Crippen molar-refractivity contribution in [2.45, 2.75) is 19.3 Å². The number of nitrogens with two attached hydrogens (primary N) is 1. The SMILES string of the molecule is Nc1cccc(Nc2cc(NCC3CCC3)ncn2)c1. The fraction of sp³-hybridized carbons (Fsp3) is 0.333. The van der Waals surface area contributed by atoms with Crippen molar-refractivity contribution in [1.82, 2.24) is 9.97 Å². The maximum atomic E-state index is 5.76. The molecule has 4 N–H and O–H groups in total. The van der Waals surface area contributed by atoms with Gasteiger partial charge < -0.3 is 16.4 Å². The first-order valence-electron chi connectivity index (χ1n) is 6.98. The lowest BCUT2D eigenvalue weighted by molar-refractivity contribution is 0.333. The van der Waals surface area contributed by atoms with Gasteiger partial charge in [-0.25, -0.2) is 9.97 Å². The number of rotatable bonds is 5. The molecule has 0 spiro atoms. The average molecular weight is 269 g/mol. The number of nitrogen functional groups attached to an aromatic ring is 1. The summed E-state index contributed by atoms with van der Waals surface area (Å²) >= 11 is 0. The van der Waals surface area contributed by atoms with Gasteiger partial charge in [0.1, 0.15) is 18.0 Å². The zero-order chi connectivity index (χ0) is 13.8. The van der Waals surface area contributed by atoms with Crippen molar-refractivity contribution < 1.29 is 0 Å². The molecule has 3 rings (SSSR count). The number of hydrogen-bond donors (Lipinski definition) is 3. The summed E-state index contributed by atoms with van der Waals surface area (Å²) in [5.41, 5.74) is 7.41. The standard InChI is InChI=1S/C15H19N5/c16-12-5-2-6-13(7-12)20-15-8-14(18-10-19-15)17-9-11-3-1-4-11/h2,5-8,10-11H,1,3-4,9,16H2,(H2,17,18,19,20). The van der Waals surface area contributed by atoms with E-state index >= 15 is 0 Å². The summed E-state index contributed by atoms with van der Waals surface area (Å²) in [6, 6.07) is 9.52. The van der Waals surface area contributed by atoms with Crippen molar-refractivity contribution in [1.29, 1.82) is 0 Å². The monoisotopic (exact) mass is 269 g/mol. The first kappa shape index (κ1) is 12.7. The normalized spacial score (nSPS) is 14.6. The topological polar surface area (TPSA) is 75.9 Å². The van der Waals surface area contributed by atoms with Crippen LogP contribution in [0.3, 0.4) is 0 Å². The fourth-order valence-electron chi connectivity index (χ4n) is 2.23. The van der Waals surface area contributed by atoms with Gasteiger partial charge in [0.2, 0.25) is 0 Å². The third-order valence-electron chi connectivity index (χ3n) is 3.62. The Balaban J connectivity index is 1.64. The number of hydrogen-bond acceptors (Lipinski definition) is 5. The minimum Gasteiger partial charge on any atom is -0.399 e. The van der Waals surface area contributed by atoms with E-state index in [2.05, 4.69) is 20.6 Å². The van der Waals surface area contributed by atoms with Crippen molar-refractivity contribution in [2.75, 3.05) is 22.9 Å². The van der Waals surface area contributed by atoms with Gasteiger partial charge in [-0.1, -0.05) is 12.5 Å². The van der Waals surface area contributed by atoms with Gasteiger partial charge in [-0.2, -0.15) is 0 Å². The second-order valence-corrected chi connectivity index (χ2v) is 5.22. The zero-order valence-corrected chi connectivity index (χ0v) is 11.3. The van der Waals surface area contributed by atoms with Gasteiger partial charge >= 0.3 is 0 Å². The largest absolute Gasteiger partial charge is 0.399 e. The second kappa shape index (κ2) is 5.77. The summed E-state index contributed by atoms with van der Waals surface area (Å²) < 4.78 is 0. The van der Waals surface area contributed by atoms with E-state index in [1.165, 1.54) is 19.3 Å². The van der Waals surface area contributed by atoms with E-state index in [1.54, 1.807) is 6.33 Å². The van der Waals surface area contributed by atoms with Gasteiger partial charge in [0.05, 0.1) is 0 Å². The van der Waals surface area contributed by atoms with Crippen LogP contribution in [0.15, 0.2) is 36.7 Å². The molecule has 5 heteroatoms. The molecule has 1 aromatic carbocycles. The molecule has 1 fully saturated rings. The van der Waals surface area contributed by atoms with E-state index in [-0.39, 0.29) is 0 Å². The van der Waals surface area contributed by atoms with Crippen molar-refractivity contribution in [3.63, 3.8) is 0 Å². The summed E-state index contributed by atoms with van der Waals surface area (Å²) in [5.74, 6) is 2.43. The van der Waals surface area contributed by atoms with E-state index in [4.69, 9.17) is 5.73 Å². The predicted octanol–water partition coefficient (Wildman–Crippen LogP) is 3.01. The second-order valence-electron chi connectivity index (χ2n) is 5.22. The third-order valence-corrected chi connectivity index (χ3v) is 3.62. The molecule has 104 valence electrons. The Morgan fingerprint density at radius 3 is 2.75 bits per heavy atom. The van der Waals surface area contributed by atoms with E-state index in [1.807, 2.05) is 30.3 Å². The molecule has 0 aliphatic heterocycles. The van der Waals surface area contributed by atoms with Crippen molar-refractivity contribution in [2.24, 2.45) is 5.92 Å². The van der Waals surface area contributed by atoms with Crippen LogP contribution in [0.25, 0.3) is 0 Å². The summed E-state index contributed by atoms with van der Waals surface area (Å²) in [7, 11) is 0. The van der Waals surface area contributed by atoms with Gasteiger partial charge in [-0.15, -0.1) is 0 Å². The van der Waals surface area contributed by atoms with Crippen LogP contribution in [0.5, 0.6) is 0 Å². The van der Waals surface area contributed by atoms with Crippen LogP contribution < -0.4 is 16.4 Å². The van der Waals surface area contributed by atoms with Crippen LogP contribution in [0.4, 0.5) is 23.0 Å². The van der Waals surface area contributed by atoms with E-state index in [0.29, 0.717) is 0 Å². The molecule has 1 saturated carbocycles. The maximum Gasteiger partial charge on any atom is 0.135 e. The molecule has 0 atom stereocenters. The Kier molecular flexibility index (Phi) is 3.67. The Morgan fingerprint density at radius 2 is 2.00 bits per heavy atom. The van der Waals surface area contributed by atoms with E-state index < -0.39 is 0 Å². The van der Waals surface area contributed by atoms with Gasteiger partial charge in [0, 0.05) is 24.0 Å². The summed E-state index contributed by atoms with van der Waals surface area (Å²) in [4.78, 5) is 8.46. The number of nitrogens with zero attached hydrogens (tertiary/aromatic N) is 2. The molecule has 0 radical (unpaired) electrons. The Labute approximate surface area is 118 Å². The van der Waals surface area contributed by atoms with Crippen LogP contribution in [0.1, 0.15) is 19.3 Å². The highest BCUT2D eigenvalue weighted by Gasteiger charge is 2.16. The molecule has 1 aliphatic rings. The molecule has 2 aromatic rings. The number of anilines is 4. The Morgan fingerprint density at radius 1 is 1.15 bits per heavy atom. The van der Waals surface area contributed by atoms with E-state index in [9.17, 15) is 0 Å². The fourth-order valence-corrected chi connectivity index (χ4v) is 2.23. The summed E-state index contributed by atoms with van der Waals surface area (Å²) in [6.45, 7) is 0.995. The van der Waals surface area contributed by atoms with Gasteiger partial charge in [0.15, 0.2) is 0 Å². The van der Waals surface area contributed by atoms with Crippen LogP contribution in [-0.4, -0.2) is 16.5 Å². The predicted molar refractivity (Wildman–Crippen MR) is 82.0 cm³/mol. The highest BCUT2D eigenvalue weighted by Crippen LogP contribution is 2.26. The van der Waals surface area contributed by atoms with Crippen molar-refractivity contribution in [3.8, 4) is 0 Å². The quantitative estimate of drug-likeness (QED) is 0.727. The van der Waals surface area contributed by atoms with Crippen LogP contribution >= 0.6 is 0 Å². The van der Waals surface area contributed by atoms with Gasteiger partial charge in [-0.3, -0.25) is 0 Å². The van der Waals surface area contributed by atoms with Crippen LogP contribution in [-0.2, 0) is 0 Å². The molecule has 5 nitrogen and oxygen atoms in total. The Hall–Kier alpha value is -2.30. The number of nitrogens with one attached hydrogen (secondary N) is 2. The Bertz CT molecular complexity index is 580. The minimum atomic E-state index is 0.729. The van der Waals surface area contributed by atoms with Crippen molar-refractivity contribution >= 4 is 23.0 Å². The zero-order valence-electron chi connectivity index (χ0n) is 11.3. The molecule has 1 aromatic heterocycles. The first-order chi connectivity index (χ1) is 9.79. The van der Waals surface area contributed by atoms with Gasteiger partial charge in [0.25, 0.3) is 0 Å². The van der Waals surface area contributed by atoms with Crippen LogP contribution in [0, 0.1) is 5.92 Å². The molecule has 20 heavy (non-hydrogen) atoms. The first-order valence-corrected chi connectivity index (χ1v) is 6.98. The maximum absolute atomic E-state index is 5.76. The molecule has 0 bridgehead atoms. The van der Waals surface area contributed by atoms with Crippen LogP contribution in [0.2, 0.25) is 0 Å². The highest BCUT2D eigenvalue weighted by molar-refractivity contribution is 5.62. The summed E-state index contributed by atoms with van der Waals surface area (Å²) in [6.07, 6.45) is 5.58. The lowest BCUT2D eigenvalue weighted by Gasteiger charge is -2.25. The third kappa shape index (κ3) is 3.17. The van der Waals surface area contributed by atoms with E-state index in [0.717, 1.165) is 35.5 Å². The summed E-state index contributed by atoms with van der Waals surface area (Å²) in [5, 5.41) is 6.60. The minimum absolute atomic E-state index is 0.729. The molecule has 1 heterocycles. The smallest absolute Gasteiger partial charge is 0.135 e. The molecular formula is C15H19N5. The molecule has 0 unspecified atom stereocenters. The lowest BCUT2D eigenvalue weighted by atomic mass is 9.85.